The summed E-state index contributed by atoms with van der Waals surface area (Å²) in [5, 5.41) is 16.8. The van der Waals surface area contributed by atoms with Gasteiger partial charge in [-0.05, 0) is 44.2 Å². The predicted molar refractivity (Wildman–Crippen MR) is 87.1 cm³/mol. The molecule has 3 rings (SSSR count). The van der Waals surface area contributed by atoms with Crippen molar-refractivity contribution in [3.8, 4) is 6.07 Å². The molecule has 1 amide bonds. The standard InChI is InChI=1S/C17H15N5O/c1-10-8-14(15-11(2)21-22(3)16(15)19-10)17(23)20-13-6-4-12(9-18)5-7-13/h4-8H,1-3H3,(H,20,23). The first-order valence-electron chi connectivity index (χ1n) is 7.12. The molecule has 2 heterocycles. The number of nitrogens with one attached hydrogen (secondary N) is 1. The van der Waals surface area contributed by atoms with Crippen molar-refractivity contribution in [2.75, 3.05) is 5.32 Å². The Hall–Kier alpha value is -3.20. The lowest BCUT2D eigenvalue weighted by atomic mass is 10.1. The summed E-state index contributed by atoms with van der Waals surface area (Å²) in [6.45, 7) is 3.71. The number of carbonyl (C=O) groups excluding carboxylic acids is 1. The van der Waals surface area contributed by atoms with Crippen LogP contribution in [0.3, 0.4) is 0 Å². The van der Waals surface area contributed by atoms with Gasteiger partial charge < -0.3 is 5.32 Å². The molecule has 0 saturated heterocycles. The zero-order valence-electron chi connectivity index (χ0n) is 13.1. The van der Waals surface area contributed by atoms with Gasteiger partial charge in [-0.3, -0.25) is 9.48 Å². The number of carbonyl (C=O) groups is 1. The Morgan fingerprint density at radius 3 is 2.61 bits per heavy atom. The molecule has 0 atom stereocenters. The highest BCUT2D eigenvalue weighted by Gasteiger charge is 2.17. The number of amides is 1. The van der Waals surface area contributed by atoms with Crippen molar-refractivity contribution >= 4 is 22.6 Å². The van der Waals surface area contributed by atoms with Crippen LogP contribution in [0.4, 0.5) is 5.69 Å². The van der Waals surface area contributed by atoms with Crippen LogP contribution in [0.1, 0.15) is 27.3 Å². The van der Waals surface area contributed by atoms with Crippen LogP contribution in [-0.2, 0) is 7.05 Å². The third-order valence-corrected chi connectivity index (χ3v) is 3.61. The maximum atomic E-state index is 12.7. The van der Waals surface area contributed by atoms with E-state index in [1.54, 1.807) is 35.0 Å². The smallest absolute Gasteiger partial charge is 0.256 e. The van der Waals surface area contributed by atoms with Crippen molar-refractivity contribution in [1.29, 1.82) is 5.26 Å². The number of hydrogen-bond donors (Lipinski definition) is 1. The molecule has 0 aliphatic heterocycles. The Morgan fingerprint density at radius 1 is 1.26 bits per heavy atom. The third kappa shape index (κ3) is 2.64. The average molecular weight is 305 g/mol. The largest absolute Gasteiger partial charge is 0.322 e. The zero-order chi connectivity index (χ0) is 16.6. The van der Waals surface area contributed by atoms with Crippen molar-refractivity contribution in [3.63, 3.8) is 0 Å². The van der Waals surface area contributed by atoms with Crippen molar-refractivity contribution < 1.29 is 4.79 Å². The molecule has 6 heteroatoms. The normalized spacial score (nSPS) is 10.5. The Balaban J connectivity index is 2.02. The minimum Gasteiger partial charge on any atom is -0.322 e. The monoisotopic (exact) mass is 305 g/mol. The van der Waals surface area contributed by atoms with Crippen molar-refractivity contribution in [3.05, 3.63) is 52.8 Å². The zero-order valence-corrected chi connectivity index (χ0v) is 13.1. The maximum Gasteiger partial charge on any atom is 0.256 e. The Kier molecular flexibility index (Phi) is 3.54. The fraction of sp³-hybridized carbons (Fsp3) is 0.176. The summed E-state index contributed by atoms with van der Waals surface area (Å²) >= 11 is 0. The number of rotatable bonds is 2. The van der Waals surface area contributed by atoms with E-state index in [1.165, 1.54) is 0 Å². The van der Waals surface area contributed by atoms with E-state index in [2.05, 4.69) is 15.4 Å². The molecule has 0 aliphatic carbocycles. The number of hydrogen-bond acceptors (Lipinski definition) is 4. The predicted octanol–water partition coefficient (Wildman–Crippen LogP) is 2.71. The fourth-order valence-electron chi connectivity index (χ4n) is 2.58. The molecular formula is C17H15N5O. The summed E-state index contributed by atoms with van der Waals surface area (Å²) in [6, 6.07) is 10.6. The average Bonchev–Trinajstić information content (AvgIpc) is 2.81. The van der Waals surface area contributed by atoms with E-state index < -0.39 is 0 Å². The van der Waals surface area contributed by atoms with E-state index in [1.807, 2.05) is 27.0 Å². The number of nitriles is 1. The quantitative estimate of drug-likeness (QED) is 0.789. The van der Waals surface area contributed by atoms with Crippen LogP contribution in [-0.4, -0.2) is 20.7 Å². The van der Waals surface area contributed by atoms with E-state index in [9.17, 15) is 4.79 Å². The molecule has 0 bridgehead atoms. The number of benzene rings is 1. The topological polar surface area (TPSA) is 83.6 Å². The molecule has 0 aliphatic rings. The molecule has 3 aromatic rings. The van der Waals surface area contributed by atoms with Gasteiger partial charge in [-0.1, -0.05) is 0 Å². The van der Waals surface area contributed by atoms with Gasteiger partial charge in [-0.15, -0.1) is 0 Å². The van der Waals surface area contributed by atoms with Crippen LogP contribution in [0.5, 0.6) is 0 Å². The highest BCUT2D eigenvalue weighted by Crippen LogP contribution is 2.22. The number of pyridine rings is 1. The lowest BCUT2D eigenvalue weighted by Crippen LogP contribution is -2.13. The molecule has 23 heavy (non-hydrogen) atoms. The summed E-state index contributed by atoms with van der Waals surface area (Å²) in [4.78, 5) is 17.1. The van der Waals surface area contributed by atoms with E-state index in [4.69, 9.17) is 5.26 Å². The van der Waals surface area contributed by atoms with Crippen molar-refractivity contribution in [2.45, 2.75) is 13.8 Å². The van der Waals surface area contributed by atoms with Crippen LogP contribution in [0, 0.1) is 25.2 Å². The number of anilines is 1. The molecule has 2 aromatic heterocycles. The number of fused-ring (bicyclic) bond motifs is 1. The van der Waals surface area contributed by atoms with Gasteiger partial charge in [0.1, 0.15) is 0 Å². The lowest BCUT2D eigenvalue weighted by molar-refractivity contribution is 0.102. The number of aromatic nitrogens is 3. The number of nitrogens with zero attached hydrogens (tertiary/aromatic N) is 4. The molecule has 0 spiro atoms. The second-order valence-corrected chi connectivity index (χ2v) is 5.36. The summed E-state index contributed by atoms with van der Waals surface area (Å²) < 4.78 is 1.68. The van der Waals surface area contributed by atoms with Crippen molar-refractivity contribution in [1.82, 2.24) is 14.8 Å². The molecule has 1 aromatic carbocycles. The second kappa shape index (κ2) is 5.54. The van der Waals surface area contributed by atoms with E-state index in [-0.39, 0.29) is 5.91 Å². The van der Waals surface area contributed by atoms with Crippen LogP contribution in [0.15, 0.2) is 30.3 Å². The summed E-state index contributed by atoms with van der Waals surface area (Å²) in [7, 11) is 1.81. The van der Waals surface area contributed by atoms with Crippen LogP contribution < -0.4 is 5.32 Å². The van der Waals surface area contributed by atoms with Gasteiger partial charge in [0.05, 0.1) is 28.3 Å². The van der Waals surface area contributed by atoms with Gasteiger partial charge in [0, 0.05) is 18.4 Å². The fourth-order valence-corrected chi connectivity index (χ4v) is 2.58. The Bertz CT molecular complexity index is 948. The minimum atomic E-state index is -0.221. The minimum absolute atomic E-state index is 0.221. The highest BCUT2D eigenvalue weighted by molar-refractivity contribution is 6.12. The van der Waals surface area contributed by atoms with E-state index in [0.717, 1.165) is 16.8 Å². The van der Waals surface area contributed by atoms with Gasteiger partial charge >= 0.3 is 0 Å². The van der Waals surface area contributed by atoms with Crippen LogP contribution in [0.25, 0.3) is 11.0 Å². The van der Waals surface area contributed by atoms with Crippen LogP contribution >= 0.6 is 0 Å². The first-order chi connectivity index (χ1) is 11.0. The molecule has 1 N–H and O–H groups in total. The van der Waals surface area contributed by atoms with E-state index >= 15 is 0 Å². The first kappa shape index (κ1) is 14.7. The molecule has 0 saturated carbocycles. The molecular weight excluding hydrogens is 290 g/mol. The number of aryl methyl sites for hydroxylation is 3. The first-order valence-corrected chi connectivity index (χ1v) is 7.12. The van der Waals surface area contributed by atoms with Gasteiger partial charge in [0.25, 0.3) is 5.91 Å². The summed E-state index contributed by atoms with van der Waals surface area (Å²) in [6.07, 6.45) is 0. The molecule has 0 radical (unpaired) electrons. The Morgan fingerprint density at radius 2 is 1.96 bits per heavy atom. The van der Waals surface area contributed by atoms with Gasteiger partial charge in [0.15, 0.2) is 5.65 Å². The molecule has 0 unspecified atom stereocenters. The lowest BCUT2D eigenvalue weighted by Gasteiger charge is -2.08. The summed E-state index contributed by atoms with van der Waals surface area (Å²) in [5.74, 6) is -0.221. The second-order valence-electron chi connectivity index (χ2n) is 5.36. The van der Waals surface area contributed by atoms with Crippen LogP contribution in [0.2, 0.25) is 0 Å². The van der Waals surface area contributed by atoms with Gasteiger partial charge in [-0.2, -0.15) is 10.4 Å². The SMILES string of the molecule is Cc1cc(C(=O)Nc2ccc(C#N)cc2)c2c(C)nn(C)c2n1. The summed E-state index contributed by atoms with van der Waals surface area (Å²) in [5.41, 5.74) is 3.94. The van der Waals surface area contributed by atoms with Gasteiger partial charge in [-0.25, -0.2) is 4.98 Å². The van der Waals surface area contributed by atoms with Crippen molar-refractivity contribution in [2.24, 2.45) is 7.05 Å². The Labute approximate surface area is 133 Å². The maximum absolute atomic E-state index is 12.7. The third-order valence-electron chi connectivity index (χ3n) is 3.61. The van der Waals surface area contributed by atoms with E-state index in [0.29, 0.717) is 22.5 Å². The van der Waals surface area contributed by atoms with Gasteiger partial charge in [0.2, 0.25) is 0 Å². The molecule has 0 fully saturated rings. The molecule has 114 valence electrons. The highest BCUT2D eigenvalue weighted by atomic mass is 16.1. The molecule has 6 nitrogen and oxygen atoms in total.